The summed E-state index contributed by atoms with van der Waals surface area (Å²) in [6.45, 7) is 0. The molecule has 1 N–H and O–H groups in total. The lowest BCUT2D eigenvalue weighted by molar-refractivity contribution is 0.192. The van der Waals surface area contributed by atoms with Crippen molar-refractivity contribution in [2.75, 3.05) is 0 Å². The van der Waals surface area contributed by atoms with Gasteiger partial charge in [-0.3, -0.25) is 0 Å². The van der Waals surface area contributed by atoms with Gasteiger partial charge in [-0.2, -0.15) is 9.78 Å². The fourth-order valence-corrected chi connectivity index (χ4v) is 1.41. The van der Waals surface area contributed by atoms with Crippen molar-refractivity contribution in [3.8, 4) is 0 Å². The zero-order valence-corrected chi connectivity index (χ0v) is 5.95. The Morgan fingerprint density at radius 1 is 1.64 bits per heavy atom. The predicted octanol–water partition coefficient (Wildman–Crippen LogP) is 0.898. The van der Waals surface area contributed by atoms with Gasteiger partial charge in [0.2, 0.25) is 0 Å². The molecule has 58 valence electrons. The van der Waals surface area contributed by atoms with Gasteiger partial charge in [-0.1, -0.05) is 0 Å². The summed E-state index contributed by atoms with van der Waals surface area (Å²) in [5.74, 6) is 0. The minimum absolute atomic E-state index is 0.926. The Hall–Kier alpha value is -1.32. The van der Waals surface area contributed by atoms with Crippen molar-refractivity contribution >= 4 is 6.09 Å². The van der Waals surface area contributed by atoms with Crippen LogP contribution in [-0.2, 0) is 12.8 Å². The molecule has 1 aliphatic rings. The average molecular weight is 152 g/mol. The number of aryl methyl sites for hydroxylation is 2. The van der Waals surface area contributed by atoms with Crippen molar-refractivity contribution in [3.05, 3.63) is 17.5 Å². The first-order chi connectivity index (χ1) is 5.27. The molecular formula is C7H8N2O2. The molecule has 0 spiro atoms. The van der Waals surface area contributed by atoms with Crippen LogP contribution in [0.1, 0.15) is 17.7 Å². The SMILES string of the molecule is O=C(O)n1cc2c(n1)CCC2. The maximum absolute atomic E-state index is 10.4. The highest BCUT2D eigenvalue weighted by atomic mass is 16.4. The van der Waals surface area contributed by atoms with Crippen molar-refractivity contribution in [2.24, 2.45) is 0 Å². The molecule has 0 atom stereocenters. The second-order valence-corrected chi connectivity index (χ2v) is 2.68. The summed E-state index contributed by atoms with van der Waals surface area (Å²) in [4.78, 5) is 10.4. The number of fused-ring (bicyclic) bond motifs is 1. The van der Waals surface area contributed by atoms with E-state index in [0.29, 0.717) is 0 Å². The van der Waals surface area contributed by atoms with Gasteiger partial charge in [0.1, 0.15) is 0 Å². The number of hydrogen-bond acceptors (Lipinski definition) is 2. The van der Waals surface area contributed by atoms with Crippen molar-refractivity contribution in [2.45, 2.75) is 19.3 Å². The topological polar surface area (TPSA) is 55.1 Å². The monoisotopic (exact) mass is 152 g/mol. The summed E-state index contributed by atoms with van der Waals surface area (Å²) in [5.41, 5.74) is 2.04. The highest BCUT2D eigenvalue weighted by Crippen LogP contribution is 2.19. The van der Waals surface area contributed by atoms with Crippen LogP contribution in [-0.4, -0.2) is 21.0 Å². The highest BCUT2D eigenvalue weighted by molar-refractivity contribution is 5.67. The van der Waals surface area contributed by atoms with E-state index in [4.69, 9.17) is 5.11 Å². The molecule has 0 unspecified atom stereocenters. The summed E-state index contributed by atoms with van der Waals surface area (Å²) in [6.07, 6.45) is 3.61. The maximum atomic E-state index is 10.4. The van der Waals surface area contributed by atoms with Crippen molar-refractivity contribution < 1.29 is 9.90 Å². The van der Waals surface area contributed by atoms with Gasteiger partial charge in [0, 0.05) is 6.20 Å². The summed E-state index contributed by atoms with van der Waals surface area (Å²) in [5, 5.41) is 12.5. The van der Waals surface area contributed by atoms with Gasteiger partial charge < -0.3 is 5.11 Å². The molecule has 1 aromatic heterocycles. The Morgan fingerprint density at radius 3 is 3.09 bits per heavy atom. The first kappa shape index (κ1) is 6.39. The second-order valence-electron chi connectivity index (χ2n) is 2.68. The van der Waals surface area contributed by atoms with Crippen LogP contribution in [0.25, 0.3) is 0 Å². The number of nitrogens with zero attached hydrogens (tertiary/aromatic N) is 2. The molecule has 11 heavy (non-hydrogen) atoms. The van der Waals surface area contributed by atoms with E-state index in [1.54, 1.807) is 6.20 Å². The van der Waals surface area contributed by atoms with Crippen LogP contribution >= 0.6 is 0 Å². The van der Waals surface area contributed by atoms with Crippen LogP contribution in [0.15, 0.2) is 6.20 Å². The standard InChI is InChI=1S/C7H8N2O2/c10-7(11)9-4-5-2-1-3-6(5)8-9/h4H,1-3H2,(H,10,11). The molecule has 1 aliphatic carbocycles. The van der Waals surface area contributed by atoms with Crippen LogP contribution in [0, 0.1) is 0 Å². The fraction of sp³-hybridized carbons (Fsp3) is 0.429. The Kier molecular flexibility index (Phi) is 1.21. The Bertz CT molecular complexity index is 282. The molecule has 0 saturated carbocycles. The average Bonchev–Trinajstić information content (AvgIpc) is 2.40. The highest BCUT2D eigenvalue weighted by Gasteiger charge is 2.16. The van der Waals surface area contributed by atoms with Gasteiger partial charge in [-0.15, -0.1) is 0 Å². The lowest BCUT2D eigenvalue weighted by Crippen LogP contribution is -2.08. The van der Waals surface area contributed by atoms with E-state index in [-0.39, 0.29) is 0 Å². The molecule has 0 amide bonds. The molecule has 0 radical (unpaired) electrons. The molecule has 0 bridgehead atoms. The smallest absolute Gasteiger partial charge is 0.432 e. The molecule has 0 fully saturated rings. The van der Waals surface area contributed by atoms with E-state index in [0.717, 1.165) is 35.2 Å². The van der Waals surface area contributed by atoms with E-state index in [1.165, 1.54) is 0 Å². The van der Waals surface area contributed by atoms with Crippen LogP contribution < -0.4 is 0 Å². The van der Waals surface area contributed by atoms with Crippen LogP contribution in [0.5, 0.6) is 0 Å². The predicted molar refractivity (Wildman–Crippen MR) is 37.7 cm³/mol. The van der Waals surface area contributed by atoms with Crippen LogP contribution in [0.2, 0.25) is 0 Å². The molecule has 2 rings (SSSR count). The summed E-state index contributed by atoms with van der Waals surface area (Å²) in [7, 11) is 0. The first-order valence-corrected chi connectivity index (χ1v) is 3.58. The number of carboxylic acid groups (broad SMARTS) is 1. The third-order valence-electron chi connectivity index (χ3n) is 1.93. The van der Waals surface area contributed by atoms with Gasteiger partial charge in [-0.25, -0.2) is 4.79 Å². The van der Waals surface area contributed by atoms with Crippen molar-refractivity contribution in [1.82, 2.24) is 9.78 Å². The maximum Gasteiger partial charge on any atom is 0.432 e. The van der Waals surface area contributed by atoms with Gasteiger partial charge in [0.25, 0.3) is 0 Å². The second kappa shape index (κ2) is 2.08. The van der Waals surface area contributed by atoms with Crippen molar-refractivity contribution in [1.29, 1.82) is 0 Å². The third-order valence-corrected chi connectivity index (χ3v) is 1.93. The van der Waals surface area contributed by atoms with E-state index < -0.39 is 6.09 Å². The van der Waals surface area contributed by atoms with Gasteiger partial charge in [0.05, 0.1) is 5.69 Å². The van der Waals surface area contributed by atoms with Gasteiger partial charge in [-0.05, 0) is 24.8 Å². The minimum Gasteiger partial charge on any atom is -0.463 e. The molecule has 4 nitrogen and oxygen atoms in total. The summed E-state index contributed by atoms with van der Waals surface area (Å²) >= 11 is 0. The van der Waals surface area contributed by atoms with Crippen LogP contribution in [0.4, 0.5) is 4.79 Å². The zero-order chi connectivity index (χ0) is 7.84. The molecule has 0 saturated heterocycles. The fourth-order valence-electron chi connectivity index (χ4n) is 1.41. The van der Waals surface area contributed by atoms with E-state index in [2.05, 4.69) is 5.10 Å². The van der Waals surface area contributed by atoms with E-state index in [9.17, 15) is 4.79 Å². The normalized spacial score (nSPS) is 14.9. The molecule has 1 heterocycles. The number of hydrogen-bond donors (Lipinski definition) is 1. The quantitative estimate of drug-likeness (QED) is 0.600. The molecular weight excluding hydrogens is 144 g/mol. The summed E-state index contributed by atoms with van der Waals surface area (Å²) < 4.78 is 0.990. The molecule has 1 aromatic rings. The third kappa shape index (κ3) is 0.906. The minimum atomic E-state index is -1.00. The summed E-state index contributed by atoms with van der Waals surface area (Å²) in [6, 6.07) is 0. The first-order valence-electron chi connectivity index (χ1n) is 3.58. The number of carbonyl (C=O) groups is 1. The Balaban J connectivity index is 2.42. The Labute approximate surface area is 63.4 Å². The number of aromatic nitrogens is 2. The molecule has 0 aliphatic heterocycles. The number of rotatable bonds is 0. The van der Waals surface area contributed by atoms with E-state index in [1.807, 2.05) is 0 Å². The van der Waals surface area contributed by atoms with Crippen LogP contribution in [0.3, 0.4) is 0 Å². The Morgan fingerprint density at radius 2 is 2.45 bits per heavy atom. The zero-order valence-electron chi connectivity index (χ0n) is 5.95. The lowest BCUT2D eigenvalue weighted by atomic mass is 10.3. The van der Waals surface area contributed by atoms with Gasteiger partial charge in [0.15, 0.2) is 0 Å². The van der Waals surface area contributed by atoms with Crippen molar-refractivity contribution in [3.63, 3.8) is 0 Å². The largest absolute Gasteiger partial charge is 0.463 e. The van der Waals surface area contributed by atoms with Gasteiger partial charge >= 0.3 is 6.09 Å². The lowest BCUT2D eigenvalue weighted by Gasteiger charge is -1.89. The molecule has 4 heteroatoms. The molecule has 0 aromatic carbocycles. The van der Waals surface area contributed by atoms with E-state index >= 15 is 0 Å².